The topological polar surface area (TPSA) is 27.8 Å². The Morgan fingerprint density at radius 2 is 1.75 bits per heavy atom. The first-order chi connectivity index (χ1) is 9.87. The lowest BCUT2D eigenvalue weighted by molar-refractivity contribution is -0.0360. The number of aromatic nitrogens is 1. The smallest absolute Gasteiger partial charge is 0.0226 e. The molecule has 1 aromatic heterocycles. The van der Waals surface area contributed by atoms with Gasteiger partial charge in [0.25, 0.3) is 0 Å². The van der Waals surface area contributed by atoms with Crippen molar-refractivity contribution in [1.82, 2.24) is 10.3 Å². The highest BCUT2D eigenvalue weighted by molar-refractivity contribution is 5.33. The van der Waals surface area contributed by atoms with E-state index in [-0.39, 0.29) is 0 Å². The zero-order valence-electron chi connectivity index (χ0n) is 12.3. The fourth-order valence-electron chi connectivity index (χ4n) is 6.22. The van der Waals surface area contributed by atoms with Crippen LogP contribution in [-0.2, 0) is 19.4 Å². The molecule has 6 rings (SSSR count). The lowest BCUT2D eigenvalue weighted by atomic mass is 9.51. The molecule has 0 aromatic carbocycles. The van der Waals surface area contributed by atoms with Gasteiger partial charge in [0.15, 0.2) is 0 Å². The molecular weight excluding hydrogens is 244 g/mol. The average molecular weight is 270 g/mol. The summed E-state index contributed by atoms with van der Waals surface area (Å²) in [5.41, 5.74) is 4.78. The average Bonchev–Trinajstić information content (AvgIpc) is 2.85. The summed E-state index contributed by atoms with van der Waals surface area (Å²) in [4.78, 5) is 3.56. The van der Waals surface area contributed by atoms with Crippen molar-refractivity contribution in [2.75, 3.05) is 6.54 Å². The minimum absolute atomic E-state index is 1.00. The van der Waals surface area contributed by atoms with Gasteiger partial charge in [-0.15, -0.1) is 0 Å². The first-order valence-electron chi connectivity index (χ1n) is 8.75. The Morgan fingerprint density at radius 3 is 2.50 bits per heavy atom. The molecule has 2 nitrogen and oxygen atoms in total. The summed E-state index contributed by atoms with van der Waals surface area (Å²) in [6, 6.07) is 0. The van der Waals surface area contributed by atoms with Gasteiger partial charge in [-0.2, -0.15) is 0 Å². The Kier molecular flexibility index (Phi) is 2.59. The quantitative estimate of drug-likeness (QED) is 0.848. The van der Waals surface area contributed by atoms with E-state index in [0.717, 1.165) is 42.7 Å². The standard InChI is InChI=1S/C18H26N2/c1-2-19-10-17-15(9-20-18(1)17)8-16-13-4-11-3-12(6-13)7-14(16)5-11/h9,11-14,16,19-20H,1-8,10H2. The molecule has 4 bridgehead atoms. The summed E-state index contributed by atoms with van der Waals surface area (Å²) in [6.07, 6.45) is 12.7. The number of hydrogen-bond donors (Lipinski definition) is 2. The van der Waals surface area contributed by atoms with E-state index in [4.69, 9.17) is 0 Å². The third-order valence-corrected chi connectivity index (χ3v) is 6.90. The second kappa shape index (κ2) is 4.37. The maximum Gasteiger partial charge on any atom is 0.0226 e. The van der Waals surface area contributed by atoms with Crippen molar-refractivity contribution in [3.8, 4) is 0 Å². The maximum absolute atomic E-state index is 3.56. The summed E-state index contributed by atoms with van der Waals surface area (Å²) >= 11 is 0. The van der Waals surface area contributed by atoms with Gasteiger partial charge in [-0.05, 0) is 79.2 Å². The van der Waals surface area contributed by atoms with Crippen LogP contribution < -0.4 is 5.32 Å². The van der Waals surface area contributed by atoms with Gasteiger partial charge >= 0.3 is 0 Å². The van der Waals surface area contributed by atoms with Gasteiger partial charge < -0.3 is 10.3 Å². The van der Waals surface area contributed by atoms with E-state index in [2.05, 4.69) is 16.5 Å². The lowest BCUT2D eigenvalue weighted by Crippen LogP contribution is -2.45. The van der Waals surface area contributed by atoms with Crippen molar-refractivity contribution >= 4 is 0 Å². The molecule has 2 heteroatoms. The molecule has 5 aliphatic rings. The van der Waals surface area contributed by atoms with Crippen LogP contribution in [0.25, 0.3) is 0 Å². The van der Waals surface area contributed by atoms with Crippen LogP contribution in [0, 0.1) is 29.6 Å². The van der Waals surface area contributed by atoms with Crippen LogP contribution in [0.15, 0.2) is 6.20 Å². The molecule has 0 atom stereocenters. The Morgan fingerprint density at radius 1 is 1.00 bits per heavy atom. The summed E-state index contributed by atoms with van der Waals surface area (Å²) in [6.45, 7) is 2.24. The number of aromatic amines is 1. The van der Waals surface area contributed by atoms with Gasteiger partial charge in [0.05, 0.1) is 0 Å². The molecule has 0 spiro atoms. The molecule has 1 aromatic rings. The summed E-state index contributed by atoms with van der Waals surface area (Å²) in [7, 11) is 0. The molecule has 4 aliphatic carbocycles. The zero-order valence-corrected chi connectivity index (χ0v) is 12.3. The van der Waals surface area contributed by atoms with Crippen LogP contribution in [0.3, 0.4) is 0 Å². The maximum atomic E-state index is 3.56. The van der Waals surface area contributed by atoms with E-state index < -0.39 is 0 Å². The van der Waals surface area contributed by atoms with Gasteiger partial charge in [0.1, 0.15) is 0 Å². The third-order valence-electron chi connectivity index (χ3n) is 6.90. The van der Waals surface area contributed by atoms with Crippen molar-refractivity contribution in [2.45, 2.75) is 51.5 Å². The Hall–Kier alpha value is -0.760. The van der Waals surface area contributed by atoms with E-state index in [1.165, 1.54) is 18.5 Å². The Labute approximate surface area is 121 Å². The van der Waals surface area contributed by atoms with Crippen molar-refractivity contribution < 1.29 is 0 Å². The highest BCUT2D eigenvalue weighted by atomic mass is 14.9. The van der Waals surface area contributed by atoms with E-state index in [9.17, 15) is 0 Å². The van der Waals surface area contributed by atoms with Crippen LogP contribution >= 0.6 is 0 Å². The third kappa shape index (κ3) is 1.73. The van der Waals surface area contributed by atoms with Crippen LogP contribution in [0.1, 0.15) is 48.9 Å². The molecule has 0 unspecified atom stereocenters. The first kappa shape index (κ1) is 11.9. The number of H-pyrrole nitrogens is 1. The van der Waals surface area contributed by atoms with Crippen LogP contribution in [-0.4, -0.2) is 11.5 Å². The molecule has 0 radical (unpaired) electrons. The number of rotatable bonds is 2. The van der Waals surface area contributed by atoms with Crippen LogP contribution in [0.4, 0.5) is 0 Å². The Balaban J connectivity index is 1.40. The number of nitrogens with one attached hydrogen (secondary N) is 2. The minimum Gasteiger partial charge on any atom is -0.364 e. The van der Waals surface area contributed by atoms with E-state index in [1.54, 1.807) is 43.2 Å². The largest absolute Gasteiger partial charge is 0.364 e. The highest BCUT2D eigenvalue weighted by Crippen LogP contribution is 2.57. The minimum atomic E-state index is 1.00. The molecular formula is C18H26N2. The second-order valence-corrected chi connectivity index (χ2v) is 8.00. The molecule has 1 aliphatic heterocycles. The van der Waals surface area contributed by atoms with Crippen molar-refractivity contribution in [1.29, 1.82) is 0 Å². The molecule has 4 saturated carbocycles. The zero-order chi connectivity index (χ0) is 13.1. The molecule has 2 N–H and O–H groups in total. The molecule has 4 fully saturated rings. The Bertz CT molecular complexity index is 487. The van der Waals surface area contributed by atoms with Gasteiger partial charge in [-0.1, -0.05) is 0 Å². The molecule has 2 heterocycles. The summed E-state index contributed by atoms with van der Waals surface area (Å²) in [5.74, 6) is 5.34. The number of fused-ring (bicyclic) bond motifs is 1. The number of hydrogen-bond acceptors (Lipinski definition) is 1. The van der Waals surface area contributed by atoms with E-state index in [0.29, 0.717) is 0 Å². The monoisotopic (exact) mass is 270 g/mol. The normalized spacial score (nSPS) is 41.9. The molecule has 0 amide bonds. The highest BCUT2D eigenvalue weighted by Gasteiger charge is 2.48. The van der Waals surface area contributed by atoms with Gasteiger partial charge in [0, 0.05) is 31.4 Å². The molecule has 0 saturated heterocycles. The SMILES string of the molecule is c1[nH]c2c(c1CC1C3CC4CC(C3)CC1C4)CNCC2. The predicted molar refractivity (Wildman–Crippen MR) is 80.4 cm³/mol. The molecule has 20 heavy (non-hydrogen) atoms. The van der Waals surface area contributed by atoms with Crippen molar-refractivity contribution in [3.63, 3.8) is 0 Å². The van der Waals surface area contributed by atoms with Gasteiger partial charge in [0.2, 0.25) is 0 Å². The first-order valence-corrected chi connectivity index (χ1v) is 8.75. The van der Waals surface area contributed by atoms with E-state index >= 15 is 0 Å². The summed E-state index contributed by atoms with van der Waals surface area (Å²) in [5, 5.41) is 3.55. The lowest BCUT2D eigenvalue weighted by Gasteiger charge is -2.54. The van der Waals surface area contributed by atoms with Crippen LogP contribution in [0.5, 0.6) is 0 Å². The van der Waals surface area contributed by atoms with Crippen LogP contribution in [0.2, 0.25) is 0 Å². The van der Waals surface area contributed by atoms with Crippen molar-refractivity contribution in [2.24, 2.45) is 29.6 Å². The fourth-order valence-corrected chi connectivity index (χ4v) is 6.22. The molecule has 108 valence electrons. The summed E-state index contributed by atoms with van der Waals surface area (Å²) < 4.78 is 0. The second-order valence-electron chi connectivity index (χ2n) is 8.00. The van der Waals surface area contributed by atoms with Crippen molar-refractivity contribution in [3.05, 3.63) is 23.0 Å². The fraction of sp³-hybridized carbons (Fsp3) is 0.778. The van der Waals surface area contributed by atoms with Gasteiger partial charge in [-0.25, -0.2) is 0 Å². The predicted octanol–water partition coefficient (Wildman–Crippen LogP) is 3.28. The van der Waals surface area contributed by atoms with Gasteiger partial charge in [-0.3, -0.25) is 0 Å². The van der Waals surface area contributed by atoms with E-state index in [1.807, 2.05) is 0 Å².